The molecule has 1 aliphatic rings. The Kier molecular flexibility index (Phi) is 11.5. The Morgan fingerprint density at radius 3 is 2.14 bits per heavy atom. The minimum absolute atomic E-state index is 0.0238. The number of rotatable bonds is 12. The van der Waals surface area contributed by atoms with Crippen LogP contribution < -0.4 is 29.6 Å². The fourth-order valence-corrected chi connectivity index (χ4v) is 7.21. The number of anilines is 1. The second-order valence-electron chi connectivity index (χ2n) is 11.0. The van der Waals surface area contributed by atoms with Crippen LogP contribution in [-0.4, -0.2) is 52.9 Å². The maximum absolute atomic E-state index is 13.9. The van der Waals surface area contributed by atoms with E-state index in [0.29, 0.717) is 36.8 Å². The molecular formula is C37H37N3O7S2. The summed E-state index contributed by atoms with van der Waals surface area (Å²) in [5, 5.41) is 7.10. The largest absolute Gasteiger partial charge is 0.497 e. The fourth-order valence-electron chi connectivity index (χ4n) is 5.25. The number of methoxy groups -OCH3 is 2. The lowest BCUT2D eigenvalue weighted by Gasteiger charge is -2.24. The number of nitrogens with zero attached hydrogens (tertiary/aromatic N) is 1. The Morgan fingerprint density at radius 1 is 0.898 bits per heavy atom. The quantitative estimate of drug-likeness (QED) is 0.196. The van der Waals surface area contributed by atoms with Crippen molar-refractivity contribution in [1.29, 1.82) is 0 Å². The number of thioether (sulfide) groups is 1. The van der Waals surface area contributed by atoms with Crippen molar-refractivity contribution in [2.24, 2.45) is 5.14 Å². The van der Waals surface area contributed by atoms with Crippen LogP contribution in [0.5, 0.6) is 17.2 Å². The number of hydrogen-bond acceptors (Lipinski definition) is 8. The van der Waals surface area contributed by atoms with Gasteiger partial charge in [-0.05, 0) is 97.3 Å². The second kappa shape index (κ2) is 16.0. The summed E-state index contributed by atoms with van der Waals surface area (Å²) >= 11 is 1.37. The summed E-state index contributed by atoms with van der Waals surface area (Å²) in [6.45, 7) is 2.78. The molecule has 0 unspecified atom stereocenters. The van der Waals surface area contributed by atoms with Crippen LogP contribution in [0.25, 0.3) is 0 Å². The highest BCUT2D eigenvalue weighted by Crippen LogP contribution is 2.46. The molecule has 12 heteroatoms. The first kappa shape index (κ1) is 35.3. The molecule has 10 nitrogen and oxygen atoms in total. The van der Waals surface area contributed by atoms with Gasteiger partial charge >= 0.3 is 0 Å². The normalized spacial score (nSPS) is 15.7. The zero-order valence-corrected chi connectivity index (χ0v) is 29.0. The third-order valence-corrected chi connectivity index (χ3v) is 10.1. The topological polar surface area (TPSA) is 137 Å². The van der Waals surface area contributed by atoms with E-state index in [4.69, 9.17) is 19.3 Å². The van der Waals surface area contributed by atoms with Gasteiger partial charge in [-0.25, -0.2) is 13.6 Å². The van der Waals surface area contributed by atoms with Crippen LogP contribution >= 0.6 is 11.8 Å². The predicted octanol–water partition coefficient (Wildman–Crippen LogP) is 5.05. The summed E-state index contributed by atoms with van der Waals surface area (Å²) in [7, 11) is -0.720. The van der Waals surface area contributed by atoms with E-state index in [9.17, 15) is 18.0 Å². The van der Waals surface area contributed by atoms with Gasteiger partial charge in [0.2, 0.25) is 21.8 Å². The highest BCUT2D eigenvalue weighted by atomic mass is 32.2. The van der Waals surface area contributed by atoms with Crippen LogP contribution in [0.1, 0.15) is 41.0 Å². The number of nitrogens with two attached hydrogens (primary N) is 1. The standard InChI is InChI=1S/C37H37N3O7S2/c1-4-47-33-23-27(11-20-32(33)46-3)21-22-39-35(41)24-34-36(42)40(29-14-18-31(19-15-29)49(38,43)44)37(48-34)28-12-7-25(8-13-28)5-6-26-9-16-30(45-2)17-10-26/h7-20,23,34,37H,4,21-22,24H2,1-3H3,(H,39,41)(H2,38,43,44)/t34-,37+/m1/s1. The van der Waals surface area contributed by atoms with E-state index in [2.05, 4.69) is 17.2 Å². The first-order valence-electron chi connectivity index (χ1n) is 15.5. The van der Waals surface area contributed by atoms with Gasteiger partial charge in [-0.2, -0.15) is 0 Å². The van der Waals surface area contributed by atoms with E-state index in [0.717, 1.165) is 28.0 Å². The molecule has 0 bridgehead atoms. The number of sulfonamides is 1. The van der Waals surface area contributed by atoms with Gasteiger partial charge < -0.3 is 19.5 Å². The Balaban J connectivity index is 1.30. The maximum atomic E-state index is 13.9. The van der Waals surface area contributed by atoms with E-state index in [1.807, 2.05) is 73.7 Å². The molecule has 0 saturated carbocycles. The minimum atomic E-state index is -3.91. The smallest absolute Gasteiger partial charge is 0.241 e. The van der Waals surface area contributed by atoms with Crippen molar-refractivity contribution in [1.82, 2.24) is 5.32 Å². The van der Waals surface area contributed by atoms with Crippen molar-refractivity contribution in [3.05, 3.63) is 113 Å². The van der Waals surface area contributed by atoms with Crippen molar-refractivity contribution in [3.8, 4) is 29.1 Å². The molecule has 5 rings (SSSR count). The number of hydrogen-bond donors (Lipinski definition) is 2. The monoisotopic (exact) mass is 699 g/mol. The third kappa shape index (κ3) is 8.94. The molecule has 1 heterocycles. The summed E-state index contributed by atoms with van der Waals surface area (Å²) < 4.78 is 39.9. The average Bonchev–Trinajstić information content (AvgIpc) is 3.42. The first-order chi connectivity index (χ1) is 23.6. The lowest BCUT2D eigenvalue weighted by Crippen LogP contribution is -2.34. The Hall–Kier alpha value is -4.96. The molecule has 254 valence electrons. The van der Waals surface area contributed by atoms with Crippen LogP contribution in [0, 0.1) is 11.8 Å². The van der Waals surface area contributed by atoms with E-state index < -0.39 is 20.6 Å². The van der Waals surface area contributed by atoms with Crippen molar-refractivity contribution < 1.29 is 32.2 Å². The number of carbonyl (C=O) groups excluding carboxylic acids is 2. The zero-order chi connectivity index (χ0) is 35.0. The average molecular weight is 700 g/mol. The number of nitrogens with one attached hydrogen (secondary N) is 1. The van der Waals surface area contributed by atoms with Crippen molar-refractivity contribution in [2.75, 3.05) is 32.3 Å². The van der Waals surface area contributed by atoms with Gasteiger partial charge in [-0.1, -0.05) is 30.0 Å². The fraction of sp³-hybridized carbons (Fsp3) is 0.243. The van der Waals surface area contributed by atoms with Crippen LogP contribution in [0.15, 0.2) is 95.9 Å². The van der Waals surface area contributed by atoms with Crippen LogP contribution in [0.4, 0.5) is 5.69 Å². The van der Waals surface area contributed by atoms with Gasteiger partial charge in [0.15, 0.2) is 11.5 Å². The molecule has 0 spiro atoms. The molecule has 1 saturated heterocycles. The Morgan fingerprint density at radius 2 is 1.55 bits per heavy atom. The molecule has 0 aromatic heterocycles. The molecule has 3 N–H and O–H groups in total. The van der Waals surface area contributed by atoms with Gasteiger partial charge in [-0.3, -0.25) is 14.5 Å². The highest BCUT2D eigenvalue weighted by molar-refractivity contribution is 8.01. The molecular weight excluding hydrogens is 663 g/mol. The van der Waals surface area contributed by atoms with E-state index in [1.165, 1.54) is 23.9 Å². The van der Waals surface area contributed by atoms with Crippen molar-refractivity contribution in [3.63, 3.8) is 0 Å². The first-order valence-corrected chi connectivity index (χ1v) is 18.0. The van der Waals surface area contributed by atoms with Gasteiger partial charge in [-0.15, -0.1) is 11.8 Å². The Bertz CT molecular complexity index is 1950. The maximum Gasteiger partial charge on any atom is 0.241 e. The van der Waals surface area contributed by atoms with Gasteiger partial charge in [0.1, 0.15) is 11.1 Å². The molecule has 2 amide bonds. The summed E-state index contributed by atoms with van der Waals surface area (Å²) in [6, 6.07) is 26.5. The highest BCUT2D eigenvalue weighted by Gasteiger charge is 2.42. The molecule has 1 fully saturated rings. The summed E-state index contributed by atoms with van der Waals surface area (Å²) in [5.74, 6) is 7.82. The summed E-state index contributed by atoms with van der Waals surface area (Å²) in [4.78, 5) is 28.5. The van der Waals surface area contributed by atoms with E-state index in [1.54, 1.807) is 31.3 Å². The molecule has 2 atom stereocenters. The van der Waals surface area contributed by atoms with Crippen LogP contribution in [0.3, 0.4) is 0 Å². The number of amides is 2. The van der Waals surface area contributed by atoms with Gasteiger partial charge in [0.05, 0.1) is 31.0 Å². The lowest BCUT2D eigenvalue weighted by atomic mass is 10.1. The van der Waals surface area contributed by atoms with Crippen molar-refractivity contribution in [2.45, 2.75) is 35.3 Å². The number of ether oxygens (including phenoxy) is 3. The third-order valence-electron chi connectivity index (χ3n) is 7.76. The van der Waals surface area contributed by atoms with Crippen LogP contribution in [0.2, 0.25) is 0 Å². The summed E-state index contributed by atoms with van der Waals surface area (Å²) in [5.41, 5.74) is 3.93. The number of primary sulfonamides is 1. The van der Waals surface area contributed by atoms with Gasteiger partial charge in [0, 0.05) is 29.8 Å². The second-order valence-corrected chi connectivity index (χ2v) is 13.9. The molecule has 4 aromatic rings. The zero-order valence-electron chi connectivity index (χ0n) is 27.3. The lowest BCUT2D eigenvalue weighted by molar-refractivity contribution is -0.124. The minimum Gasteiger partial charge on any atom is -0.497 e. The van der Waals surface area contributed by atoms with E-state index in [-0.39, 0.29) is 23.1 Å². The molecule has 0 aliphatic carbocycles. The van der Waals surface area contributed by atoms with Gasteiger partial charge in [0.25, 0.3) is 0 Å². The Labute approximate surface area is 291 Å². The predicted molar refractivity (Wildman–Crippen MR) is 190 cm³/mol. The van der Waals surface area contributed by atoms with Crippen LogP contribution in [-0.2, 0) is 26.0 Å². The molecule has 1 aliphatic heterocycles. The molecule has 4 aromatic carbocycles. The SMILES string of the molecule is CCOc1cc(CCNC(=O)C[C@H]2S[C@@H](c3ccc(C#Cc4ccc(OC)cc4)cc3)N(c3ccc(S(N)(=O)=O)cc3)C2=O)ccc1OC. The van der Waals surface area contributed by atoms with E-state index >= 15 is 0 Å². The summed E-state index contributed by atoms with van der Waals surface area (Å²) in [6.07, 6.45) is 0.546. The molecule has 49 heavy (non-hydrogen) atoms. The number of benzene rings is 4. The van der Waals surface area contributed by atoms with Crippen molar-refractivity contribution >= 4 is 39.3 Å². The molecule has 0 radical (unpaired) electrons. The number of carbonyl (C=O) groups is 2.